The Balaban J connectivity index is 1.26. The summed E-state index contributed by atoms with van der Waals surface area (Å²) in [5.41, 5.74) is 8.40. The van der Waals surface area contributed by atoms with Crippen molar-refractivity contribution in [1.82, 2.24) is 15.3 Å². The quantitative estimate of drug-likeness (QED) is 0.125. The second-order valence-corrected chi connectivity index (χ2v) is 11.0. The highest BCUT2D eigenvalue weighted by Gasteiger charge is 2.20. The minimum Gasteiger partial charge on any atom is -0.368 e. The average Bonchev–Trinajstić information content (AvgIpc) is 2.94. The molecule has 0 bridgehead atoms. The van der Waals surface area contributed by atoms with Gasteiger partial charge in [-0.3, -0.25) is 4.79 Å². The highest BCUT2D eigenvalue weighted by molar-refractivity contribution is 7.98. The Morgan fingerprint density at radius 3 is 2.39 bits per heavy atom. The third kappa shape index (κ3) is 8.50. The molecule has 2 aromatic carbocycles. The van der Waals surface area contributed by atoms with E-state index in [1.54, 1.807) is 0 Å². The van der Waals surface area contributed by atoms with Crippen LogP contribution in [0.1, 0.15) is 41.6 Å². The lowest BCUT2D eigenvalue weighted by atomic mass is 10.1. The molecule has 1 fully saturated rings. The van der Waals surface area contributed by atoms with Crippen molar-refractivity contribution in [3.05, 3.63) is 75.9 Å². The fourth-order valence-electron chi connectivity index (χ4n) is 4.31. The van der Waals surface area contributed by atoms with Crippen LogP contribution in [0.25, 0.3) is 0 Å². The fourth-order valence-corrected chi connectivity index (χ4v) is 5.53. The number of amides is 1. The van der Waals surface area contributed by atoms with Crippen molar-refractivity contribution in [2.24, 2.45) is 5.73 Å². The van der Waals surface area contributed by atoms with Crippen LogP contribution in [-0.2, 0) is 5.75 Å². The molecule has 2 heterocycles. The minimum absolute atomic E-state index is 0.0405. The number of benzene rings is 2. The van der Waals surface area contributed by atoms with Gasteiger partial charge in [0, 0.05) is 60.8 Å². The summed E-state index contributed by atoms with van der Waals surface area (Å²) in [6, 6.07) is 17.5. The molecule has 38 heavy (non-hydrogen) atoms. The van der Waals surface area contributed by atoms with Crippen LogP contribution in [-0.4, -0.2) is 55.1 Å². The van der Waals surface area contributed by atoms with Crippen molar-refractivity contribution in [2.45, 2.75) is 36.6 Å². The Morgan fingerprint density at radius 1 is 0.921 bits per heavy atom. The number of carbonyl (C=O) groups excluding carboxylic acids is 1. The molecule has 0 unspecified atom stereocenters. The molecular formula is C28H34Cl2N6OS. The fraction of sp³-hybridized carbons (Fsp3) is 0.393. The van der Waals surface area contributed by atoms with Gasteiger partial charge in [-0.25, -0.2) is 9.97 Å². The van der Waals surface area contributed by atoms with Crippen LogP contribution in [0, 0.1) is 0 Å². The Hall–Kier alpha value is -2.52. The molecule has 202 valence electrons. The molecule has 10 heteroatoms. The van der Waals surface area contributed by atoms with Crippen LogP contribution in [0.4, 0.5) is 11.5 Å². The van der Waals surface area contributed by atoms with Gasteiger partial charge in [0.1, 0.15) is 11.0 Å². The van der Waals surface area contributed by atoms with Crippen molar-refractivity contribution in [3.63, 3.8) is 0 Å². The Labute approximate surface area is 239 Å². The summed E-state index contributed by atoms with van der Waals surface area (Å²) < 4.78 is 0. The number of unbranched alkanes of at least 4 members (excludes halogenated alkanes) is 3. The van der Waals surface area contributed by atoms with Gasteiger partial charge in [-0.15, -0.1) is 0 Å². The number of thioether (sulfide) groups is 1. The molecule has 0 aliphatic carbocycles. The topological polar surface area (TPSA) is 87.4 Å². The molecule has 3 aromatic rings. The number of piperazine rings is 1. The van der Waals surface area contributed by atoms with Gasteiger partial charge in [-0.2, -0.15) is 0 Å². The Morgan fingerprint density at radius 2 is 1.66 bits per heavy atom. The number of hydrogen-bond donors (Lipinski definition) is 2. The van der Waals surface area contributed by atoms with E-state index in [9.17, 15) is 4.79 Å². The first kappa shape index (κ1) is 28.5. The summed E-state index contributed by atoms with van der Waals surface area (Å²) in [6.45, 7) is 4.83. The number of aromatic nitrogens is 2. The molecule has 7 nitrogen and oxygen atoms in total. The molecule has 0 spiro atoms. The first-order chi connectivity index (χ1) is 18.5. The lowest BCUT2D eigenvalue weighted by molar-refractivity contribution is 0.0953. The average molecular weight is 574 g/mol. The van der Waals surface area contributed by atoms with E-state index in [4.69, 9.17) is 33.9 Å². The van der Waals surface area contributed by atoms with Gasteiger partial charge in [-0.05, 0) is 55.3 Å². The molecule has 1 aromatic heterocycles. The maximum atomic E-state index is 12.4. The Bertz CT molecular complexity index is 1190. The molecule has 4 rings (SSSR count). The zero-order valence-electron chi connectivity index (χ0n) is 21.4. The van der Waals surface area contributed by atoms with Crippen molar-refractivity contribution >= 4 is 52.4 Å². The number of hydrogen-bond acceptors (Lipinski definition) is 7. The molecular weight excluding hydrogens is 539 g/mol. The molecule has 1 saturated heterocycles. The van der Waals surface area contributed by atoms with E-state index in [1.165, 1.54) is 11.8 Å². The molecule has 0 atom stereocenters. The van der Waals surface area contributed by atoms with Gasteiger partial charge in [-0.1, -0.05) is 66.0 Å². The first-order valence-electron chi connectivity index (χ1n) is 13.0. The van der Waals surface area contributed by atoms with Gasteiger partial charge in [0.15, 0.2) is 5.16 Å². The lowest BCUT2D eigenvalue weighted by Crippen LogP contribution is -2.46. The van der Waals surface area contributed by atoms with E-state index < -0.39 is 0 Å². The zero-order valence-corrected chi connectivity index (χ0v) is 23.7. The molecule has 3 N–H and O–H groups in total. The van der Waals surface area contributed by atoms with Crippen molar-refractivity contribution in [3.8, 4) is 0 Å². The predicted molar refractivity (Wildman–Crippen MR) is 159 cm³/mol. The highest BCUT2D eigenvalue weighted by Crippen LogP contribution is 2.27. The van der Waals surface area contributed by atoms with E-state index in [2.05, 4.69) is 26.2 Å². The smallest absolute Gasteiger partial charge is 0.251 e. The third-order valence-electron chi connectivity index (χ3n) is 6.44. The van der Waals surface area contributed by atoms with Crippen molar-refractivity contribution in [1.29, 1.82) is 0 Å². The maximum absolute atomic E-state index is 12.4. The summed E-state index contributed by atoms with van der Waals surface area (Å²) in [7, 11) is 0. The van der Waals surface area contributed by atoms with Crippen LogP contribution in [0.3, 0.4) is 0 Å². The second kappa shape index (κ2) is 14.6. The molecule has 1 aliphatic heterocycles. The molecule has 1 aliphatic rings. The van der Waals surface area contributed by atoms with E-state index in [0.717, 1.165) is 80.5 Å². The summed E-state index contributed by atoms with van der Waals surface area (Å²) in [4.78, 5) is 26.1. The minimum atomic E-state index is -0.0405. The lowest BCUT2D eigenvalue weighted by Gasteiger charge is -2.36. The SMILES string of the molecule is NCCCCCCNC(=O)c1ccc(CSc2nc(Cl)cc(N3CCN(c4cccc(Cl)c4)CC3)n2)cc1. The first-order valence-corrected chi connectivity index (χ1v) is 14.8. The van der Waals surface area contributed by atoms with Crippen LogP contribution in [0.2, 0.25) is 10.2 Å². The third-order valence-corrected chi connectivity index (χ3v) is 7.79. The summed E-state index contributed by atoms with van der Waals surface area (Å²) in [5.74, 6) is 1.49. The van der Waals surface area contributed by atoms with Crippen molar-refractivity contribution in [2.75, 3.05) is 49.1 Å². The molecule has 1 amide bonds. The van der Waals surface area contributed by atoms with Gasteiger partial charge >= 0.3 is 0 Å². The number of anilines is 2. The summed E-state index contributed by atoms with van der Waals surface area (Å²) in [6.07, 6.45) is 4.20. The summed E-state index contributed by atoms with van der Waals surface area (Å²) in [5, 5.41) is 4.81. The van der Waals surface area contributed by atoms with Crippen LogP contribution in [0.15, 0.2) is 59.8 Å². The van der Waals surface area contributed by atoms with E-state index in [-0.39, 0.29) is 5.91 Å². The van der Waals surface area contributed by atoms with Crippen molar-refractivity contribution < 1.29 is 4.79 Å². The largest absolute Gasteiger partial charge is 0.368 e. The number of rotatable bonds is 12. The normalized spacial score (nSPS) is 13.6. The van der Waals surface area contributed by atoms with E-state index in [0.29, 0.717) is 28.2 Å². The van der Waals surface area contributed by atoms with Gasteiger partial charge < -0.3 is 20.9 Å². The van der Waals surface area contributed by atoms with Crippen LogP contribution < -0.4 is 20.9 Å². The maximum Gasteiger partial charge on any atom is 0.251 e. The number of carbonyl (C=O) groups is 1. The van der Waals surface area contributed by atoms with Gasteiger partial charge in [0.05, 0.1) is 0 Å². The van der Waals surface area contributed by atoms with E-state index >= 15 is 0 Å². The number of halogens is 2. The highest BCUT2D eigenvalue weighted by atomic mass is 35.5. The van der Waals surface area contributed by atoms with E-state index in [1.807, 2.05) is 48.5 Å². The Kier molecular flexibility index (Phi) is 10.9. The molecule has 0 saturated carbocycles. The number of nitrogens with one attached hydrogen (secondary N) is 1. The predicted octanol–water partition coefficient (Wildman–Crippen LogP) is 5.65. The van der Waals surface area contributed by atoms with Crippen LogP contribution in [0.5, 0.6) is 0 Å². The zero-order chi connectivity index (χ0) is 26.7. The second-order valence-electron chi connectivity index (χ2n) is 9.23. The number of nitrogens with zero attached hydrogens (tertiary/aromatic N) is 4. The molecule has 0 radical (unpaired) electrons. The van der Waals surface area contributed by atoms with Gasteiger partial charge in [0.25, 0.3) is 5.91 Å². The van der Waals surface area contributed by atoms with Crippen LogP contribution >= 0.6 is 35.0 Å². The summed E-state index contributed by atoms with van der Waals surface area (Å²) >= 11 is 14.1. The standard InChI is InChI=1S/C28H34Cl2N6OS/c29-23-6-5-7-24(18-23)35-14-16-36(17-15-35)26-19-25(30)33-28(34-26)38-20-21-8-10-22(11-9-21)27(37)32-13-4-2-1-3-12-31/h5-11,18-19H,1-4,12-17,20,31H2,(H,32,37). The van der Waals surface area contributed by atoms with Gasteiger partial charge in [0.2, 0.25) is 0 Å². The number of nitrogens with two attached hydrogens (primary N) is 1. The monoisotopic (exact) mass is 572 g/mol.